The third-order valence-electron chi connectivity index (χ3n) is 10.3. The zero-order chi connectivity index (χ0) is 39.5. The summed E-state index contributed by atoms with van der Waals surface area (Å²) in [6.07, 6.45) is -0.879. The van der Waals surface area contributed by atoms with Crippen molar-refractivity contribution in [2.75, 3.05) is 39.3 Å². The number of fused-ring (bicyclic) bond motifs is 1. The molecule has 2 aliphatic rings. The molecule has 4 atom stereocenters. The molecule has 13 heteroatoms. The van der Waals surface area contributed by atoms with E-state index in [9.17, 15) is 19.5 Å². The van der Waals surface area contributed by atoms with Gasteiger partial charge in [0.25, 0.3) is 5.91 Å². The van der Waals surface area contributed by atoms with Crippen LogP contribution in [0.5, 0.6) is 17.2 Å². The smallest absolute Gasteiger partial charge is 0.351 e. The summed E-state index contributed by atoms with van der Waals surface area (Å²) in [4.78, 5) is 45.3. The third-order valence-corrected chi connectivity index (χ3v) is 10.3. The van der Waals surface area contributed by atoms with Gasteiger partial charge in [-0.25, -0.2) is 4.79 Å². The molecule has 2 amide bonds. The van der Waals surface area contributed by atoms with Crippen molar-refractivity contribution in [2.45, 2.75) is 43.4 Å². The summed E-state index contributed by atoms with van der Waals surface area (Å²) in [5.41, 5.74) is -1.12. The number of nitrogens with zero attached hydrogens (tertiary/aromatic N) is 3. The topological polar surface area (TPSA) is 151 Å². The third kappa shape index (κ3) is 7.12. The Labute approximate surface area is 324 Å². The largest absolute Gasteiger partial charge is 0.497 e. The van der Waals surface area contributed by atoms with Gasteiger partial charge in [0.15, 0.2) is 12.3 Å². The molecule has 290 valence electrons. The van der Waals surface area contributed by atoms with Crippen molar-refractivity contribution in [1.82, 2.24) is 14.5 Å². The Morgan fingerprint density at radius 1 is 0.857 bits per heavy atom. The van der Waals surface area contributed by atoms with Crippen LogP contribution in [0.15, 0.2) is 126 Å². The van der Waals surface area contributed by atoms with E-state index in [0.29, 0.717) is 17.2 Å². The lowest BCUT2D eigenvalue weighted by Crippen LogP contribution is -2.74. The van der Waals surface area contributed by atoms with E-state index in [4.69, 9.17) is 23.7 Å². The first-order valence-electron chi connectivity index (χ1n) is 18.3. The summed E-state index contributed by atoms with van der Waals surface area (Å²) in [5.74, 6) is 0.865. The van der Waals surface area contributed by atoms with E-state index in [1.807, 2.05) is 84.9 Å². The fourth-order valence-electron chi connectivity index (χ4n) is 7.37. The summed E-state index contributed by atoms with van der Waals surface area (Å²) in [6.45, 7) is 2.91. The van der Waals surface area contributed by atoms with Crippen LogP contribution in [0.4, 0.5) is 5.82 Å². The van der Waals surface area contributed by atoms with Gasteiger partial charge in [-0.3, -0.25) is 14.2 Å². The van der Waals surface area contributed by atoms with Crippen LogP contribution in [-0.2, 0) is 30.4 Å². The Kier molecular flexibility index (Phi) is 10.9. The van der Waals surface area contributed by atoms with Crippen molar-refractivity contribution in [1.29, 1.82) is 0 Å². The zero-order valence-electron chi connectivity index (χ0n) is 31.5. The maximum absolute atomic E-state index is 13.7. The quantitative estimate of drug-likeness (QED) is 0.154. The molecule has 0 saturated carbocycles. The second-order valence-corrected chi connectivity index (χ2v) is 14.0. The first-order valence-corrected chi connectivity index (χ1v) is 18.3. The minimum absolute atomic E-state index is 0.0754. The van der Waals surface area contributed by atoms with Gasteiger partial charge in [0.1, 0.15) is 46.9 Å². The number of aromatic nitrogens is 2. The number of ether oxygens (including phenoxy) is 5. The average molecular weight is 761 g/mol. The molecule has 2 N–H and O–H groups in total. The predicted molar refractivity (Wildman–Crippen MR) is 207 cm³/mol. The number of carbonyl (C=O) groups is 2. The van der Waals surface area contributed by atoms with Gasteiger partial charge >= 0.3 is 5.69 Å². The van der Waals surface area contributed by atoms with Gasteiger partial charge in [-0.1, -0.05) is 86.6 Å². The maximum Gasteiger partial charge on any atom is 0.351 e. The van der Waals surface area contributed by atoms with Gasteiger partial charge in [-0.2, -0.15) is 4.98 Å². The molecule has 0 unspecified atom stereocenters. The lowest BCUT2D eigenvalue weighted by Gasteiger charge is -2.53. The molecule has 3 heterocycles. The molecule has 0 radical (unpaired) electrons. The number of nitrogens with one attached hydrogen (secondary N) is 1. The zero-order valence-corrected chi connectivity index (χ0v) is 31.5. The number of anilines is 1. The van der Waals surface area contributed by atoms with Crippen LogP contribution in [0.1, 0.15) is 30.5 Å². The van der Waals surface area contributed by atoms with E-state index >= 15 is 0 Å². The van der Waals surface area contributed by atoms with Gasteiger partial charge in [-0.05, 0) is 59.2 Å². The van der Waals surface area contributed by atoms with E-state index in [0.717, 1.165) is 16.7 Å². The second-order valence-electron chi connectivity index (χ2n) is 14.0. The number of para-hydroxylation sites is 1. The van der Waals surface area contributed by atoms with E-state index in [2.05, 4.69) is 10.3 Å². The average Bonchev–Trinajstić information content (AvgIpc) is 3.43. The van der Waals surface area contributed by atoms with Gasteiger partial charge in [0, 0.05) is 12.1 Å². The molecule has 2 fully saturated rings. The van der Waals surface area contributed by atoms with Crippen molar-refractivity contribution in [3.05, 3.63) is 149 Å². The molecule has 13 nitrogen and oxygen atoms in total. The number of rotatable bonds is 14. The number of likely N-dealkylation sites (tertiary alicyclic amines) is 1. The molecule has 2 aliphatic heterocycles. The normalized spacial score (nSPS) is 20.2. The number of methoxy groups -OCH3 is 2. The summed E-state index contributed by atoms with van der Waals surface area (Å²) < 4.78 is 31.7. The second kappa shape index (κ2) is 16.0. The number of benzene rings is 4. The number of amides is 2. The lowest BCUT2D eigenvalue weighted by molar-refractivity contribution is -0.217. The predicted octanol–water partition coefficient (Wildman–Crippen LogP) is 4.57. The summed E-state index contributed by atoms with van der Waals surface area (Å²) >= 11 is 0. The number of aliphatic hydroxyl groups is 1. The number of hydrogen-bond acceptors (Lipinski definition) is 10. The van der Waals surface area contributed by atoms with Crippen molar-refractivity contribution in [2.24, 2.45) is 5.92 Å². The molecule has 0 spiro atoms. The first-order chi connectivity index (χ1) is 27.1. The Balaban J connectivity index is 1.25. The maximum atomic E-state index is 13.7. The van der Waals surface area contributed by atoms with Gasteiger partial charge in [-0.15, -0.1) is 0 Å². The van der Waals surface area contributed by atoms with Gasteiger partial charge < -0.3 is 39.0 Å². The van der Waals surface area contributed by atoms with Gasteiger partial charge in [0.2, 0.25) is 5.91 Å². The number of carbonyl (C=O) groups excluding carboxylic acids is 2. The van der Waals surface area contributed by atoms with E-state index in [-0.39, 0.29) is 37.4 Å². The van der Waals surface area contributed by atoms with Crippen LogP contribution in [0, 0.1) is 5.92 Å². The minimum Gasteiger partial charge on any atom is -0.497 e. The van der Waals surface area contributed by atoms with E-state index < -0.39 is 41.2 Å². The monoisotopic (exact) mass is 760 g/mol. The SMILES string of the molecule is COc1ccc(C(OC[C@H]2O[C@]3(n4ccc(NC(=O)C(C)C)nc4=O)CN(C(=O)COc4ccccc4)[C@@H]3[C@@H]2O)(c2ccccc2)c2ccc(OC)cc2)cc1. The highest BCUT2D eigenvalue weighted by Crippen LogP contribution is 2.48. The molecule has 0 bridgehead atoms. The van der Waals surface area contributed by atoms with Crippen molar-refractivity contribution >= 4 is 17.6 Å². The van der Waals surface area contributed by atoms with Crippen LogP contribution in [0.3, 0.4) is 0 Å². The molecular weight excluding hydrogens is 716 g/mol. The molecule has 1 aromatic heterocycles. The van der Waals surface area contributed by atoms with Crippen molar-refractivity contribution in [3.63, 3.8) is 0 Å². The Morgan fingerprint density at radius 3 is 1.98 bits per heavy atom. The Hall–Kier alpha value is -6.02. The van der Waals surface area contributed by atoms with Crippen molar-refractivity contribution < 1.29 is 38.4 Å². The highest BCUT2D eigenvalue weighted by atomic mass is 16.6. The lowest BCUT2D eigenvalue weighted by atomic mass is 9.80. The molecule has 4 aromatic carbocycles. The van der Waals surface area contributed by atoms with Crippen LogP contribution in [-0.4, -0.2) is 83.6 Å². The molecule has 56 heavy (non-hydrogen) atoms. The number of aliphatic hydroxyl groups excluding tert-OH is 1. The highest BCUT2D eigenvalue weighted by Gasteiger charge is 2.68. The van der Waals surface area contributed by atoms with Crippen LogP contribution in [0.2, 0.25) is 0 Å². The van der Waals surface area contributed by atoms with E-state index in [1.165, 1.54) is 21.7 Å². The van der Waals surface area contributed by atoms with Crippen LogP contribution in [0.25, 0.3) is 0 Å². The first kappa shape index (κ1) is 38.3. The summed E-state index contributed by atoms with van der Waals surface area (Å²) in [6, 6.07) is 34.2. The summed E-state index contributed by atoms with van der Waals surface area (Å²) in [5, 5.41) is 14.8. The Bertz CT molecular complexity index is 2150. The molecule has 5 aromatic rings. The Morgan fingerprint density at radius 2 is 1.43 bits per heavy atom. The molecule has 0 aliphatic carbocycles. The van der Waals surface area contributed by atoms with E-state index in [1.54, 1.807) is 52.3 Å². The fraction of sp³-hybridized carbons (Fsp3) is 0.302. The highest BCUT2D eigenvalue weighted by molar-refractivity contribution is 5.91. The fourth-order valence-corrected chi connectivity index (χ4v) is 7.37. The number of hydrogen-bond donors (Lipinski definition) is 2. The van der Waals surface area contributed by atoms with Crippen LogP contribution >= 0.6 is 0 Å². The molecule has 2 saturated heterocycles. The van der Waals surface area contributed by atoms with Gasteiger partial charge in [0.05, 0.1) is 27.4 Å². The minimum atomic E-state index is -1.50. The standard InChI is InChI=1S/C43H44N4O9/c1-28(2)40(50)44-36-23-24-47(41(51)45-36)42-27-46(37(48)26-54-34-13-9-6-10-14-34)39(42)38(49)35(56-42)25-55-43(29-11-7-5-8-12-29,30-15-19-32(52-3)20-16-30)31-17-21-33(53-4)22-18-31/h5-24,28,35,38-39,49H,25-27H2,1-4H3,(H,44,45,50,51)/t35-,38-,39-,42-/m1/s1. The molecular formula is C43H44N4O9. The molecule has 7 rings (SSSR count). The summed E-state index contributed by atoms with van der Waals surface area (Å²) in [7, 11) is 3.20. The van der Waals surface area contributed by atoms with Crippen molar-refractivity contribution in [3.8, 4) is 17.2 Å². The van der Waals surface area contributed by atoms with Crippen LogP contribution < -0.4 is 25.2 Å².